The highest BCUT2D eigenvalue weighted by atomic mass is 32.2. The Morgan fingerprint density at radius 3 is 2.65 bits per heavy atom. The molecule has 0 unspecified atom stereocenters. The van der Waals surface area contributed by atoms with Crippen molar-refractivity contribution in [2.75, 3.05) is 26.2 Å². The molecule has 2 rings (SSSR count). The number of aromatic amines is 1. The van der Waals surface area contributed by atoms with Crippen molar-refractivity contribution >= 4 is 10.0 Å². The van der Waals surface area contributed by atoms with E-state index >= 15 is 0 Å². The molecule has 0 spiro atoms. The molecule has 0 radical (unpaired) electrons. The minimum atomic E-state index is -3.40. The zero-order valence-electron chi connectivity index (χ0n) is 12.2. The SMILES string of the molecule is CCNCC1CCN(S(=O)(=O)c2cnc(CC)[nH]2)CC1. The van der Waals surface area contributed by atoms with Gasteiger partial charge in [-0.25, -0.2) is 13.4 Å². The van der Waals surface area contributed by atoms with Gasteiger partial charge in [-0.2, -0.15) is 4.31 Å². The Kier molecular flexibility index (Phi) is 5.17. The van der Waals surface area contributed by atoms with E-state index < -0.39 is 10.0 Å². The van der Waals surface area contributed by atoms with Gasteiger partial charge in [0.25, 0.3) is 10.0 Å². The normalized spacial score (nSPS) is 18.5. The Labute approximate surface area is 121 Å². The molecule has 7 heteroatoms. The lowest BCUT2D eigenvalue weighted by atomic mass is 9.98. The average Bonchev–Trinajstić information content (AvgIpc) is 2.95. The molecule has 1 aliphatic heterocycles. The summed E-state index contributed by atoms with van der Waals surface area (Å²) < 4.78 is 26.5. The smallest absolute Gasteiger partial charge is 0.260 e. The molecule has 0 bridgehead atoms. The molecule has 0 aromatic carbocycles. The molecule has 1 aliphatic rings. The Morgan fingerprint density at radius 2 is 2.10 bits per heavy atom. The third kappa shape index (κ3) is 3.39. The summed E-state index contributed by atoms with van der Waals surface area (Å²) in [5.74, 6) is 1.29. The van der Waals surface area contributed by atoms with Crippen LogP contribution >= 0.6 is 0 Å². The quantitative estimate of drug-likeness (QED) is 0.821. The maximum atomic E-state index is 12.5. The Balaban J connectivity index is 1.98. The van der Waals surface area contributed by atoms with Crippen molar-refractivity contribution in [3.8, 4) is 0 Å². The van der Waals surface area contributed by atoms with Gasteiger partial charge in [0.1, 0.15) is 5.82 Å². The number of piperidine rings is 1. The number of nitrogens with zero attached hydrogens (tertiary/aromatic N) is 2. The summed E-state index contributed by atoms with van der Waals surface area (Å²) >= 11 is 0. The maximum absolute atomic E-state index is 12.5. The van der Waals surface area contributed by atoms with Crippen molar-refractivity contribution in [2.45, 2.75) is 38.1 Å². The van der Waals surface area contributed by atoms with Gasteiger partial charge in [-0.15, -0.1) is 0 Å². The van der Waals surface area contributed by atoms with E-state index in [9.17, 15) is 8.42 Å². The first-order chi connectivity index (χ1) is 9.57. The first-order valence-electron chi connectivity index (χ1n) is 7.32. The van der Waals surface area contributed by atoms with Gasteiger partial charge < -0.3 is 10.3 Å². The molecule has 0 saturated carbocycles. The lowest BCUT2D eigenvalue weighted by Crippen LogP contribution is -2.40. The molecule has 0 aliphatic carbocycles. The van der Waals surface area contributed by atoms with Crippen LogP contribution in [0.3, 0.4) is 0 Å². The summed E-state index contributed by atoms with van der Waals surface area (Å²) in [7, 11) is -3.40. The minimum Gasteiger partial charge on any atom is -0.332 e. The van der Waals surface area contributed by atoms with Gasteiger partial charge in [-0.05, 0) is 31.8 Å². The highest BCUT2D eigenvalue weighted by Gasteiger charge is 2.30. The molecule has 114 valence electrons. The van der Waals surface area contributed by atoms with Crippen LogP contribution in [0.1, 0.15) is 32.5 Å². The predicted molar refractivity (Wildman–Crippen MR) is 78.0 cm³/mol. The highest BCUT2D eigenvalue weighted by Crippen LogP contribution is 2.22. The number of nitrogens with one attached hydrogen (secondary N) is 2. The zero-order chi connectivity index (χ0) is 14.6. The minimum absolute atomic E-state index is 0.222. The largest absolute Gasteiger partial charge is 0.332 e. The van der Waals surface area contributed by atoms with Gasteiger partial charge in [0.15, 0.2) is 5.03 Å². The monoisotopic (exact) mass is 300 g/mol. The molecule has 0 atom stereocenters. The number of hydrogen-bond acceptors (Lipinski definition) is 4. The molecular weight excluding hydrogens is 276 g/mol. The van der Waals surface area contributed by atoms with Gasteiger partial charge in [0.05, 0.1) is 6.20 Å². The summed E-state index contributed by atoms with van der Waals surface area (Å²) in [5.41, 5.74) is 0. The van der Waals surface area contributed by atoms with Gasteiger partial charge in [0.2, 0.25) is 0 Å². The number of sulfonamides is 1. The summed E-state index contributed by atoms with van der Waals surface area (Å²) in [4.78, 5) is 6.97. The molecule has 1 aromatic heterocycles. The topological polar surface area (TPSA) is 78.1 Å². The molecule has 0 amide bonds. The molecule has 20 heavy (non-hydrogen) atoms. The summed E-state index contributed by atoms with van der Waals surface area (Å²) in [5, 5.41) is 3.55. The lowest BCUT2D eigenvalue weighted by Gasteiger charge is -2.30. The number of aromatic nitrogens is 2. The maximum Gasteiger partial charge on any atom is 0.260 e. The third-order valence-corrected chi connectivity index (χ3v) is 5.62. The van der Waals surface area contributed by atoms with Crippen molar-refractivity contribution in [1.82, 2.24) is 19.6 Å². The summed E-state index contributed by atoms with van der Waals surface area (Å²) in [6.07, 6.45) is 3.97. The van der Waals surface area contributed by atoms with Crippen molar-refractivity contribution in [1.29, 1.82) is 0 Å². The summed E-state index contributed by atoms with van der Waals surface area (Å²) in [6.45, 7) is 7.17. The molecule has 2 N–H and O–H groups in total. The number of hydrogen-bond donors (Lipinski definition) is 2. The molecule has 6 nitrogen and oxygen atoms in total. The van der Waals surface area contributed by atoms with Crippen molar-refractivity contribution < 1.29 is 8.42 Å². The fraction of sp³-hybridized carbons (Fsp3) is 0.769. The van der Waals surface area contributed by atoms with E-state index in [0.29, 0.717) is 31.3 Å². The number of rotatable bonds is 6. The van der Waals surface area contributed by atoms with E-state index in [2.05, 4.69) is 22.2 Å². The second-order valence-electron chi connectivity index (χ2n) is 5.20. The van der Waals surface area contributed by atoms with Crippen molar-refractivity contribution in [3.63, 3.8) is 0 Å². The number of aryl methyl sites for hydroxylation is 1. The van der Waals surface area contributed by atoms with E-state index in [-0.39, 0.29) is 5.03 Å². The first kappa shape index (κ1) is 15.5. The Hall–Kier alpha value is -0.920. The van der Waals surface area contributed by atoms with E-state index in [1.54, 1.807) is 4.31 Å². The van der Waals surface area contributed by atoms with E-state index in [1.807, 2.05) is 6.92 Å². The average molecular weight is 300 g/mol. The van der Waals surface area contributed by atoms with Crippen LogP contribution in [0.5, 0.6) is 0 Å². The van der Waals surface area contributed by atoms with Crippen LogP contribution < -0.4 is 5.32 Å². The molecule has 2 heterocycles. The molecule has 1 saturated heterocycles. The third-order valence-electron chi connectivity index (χ3n) is 3.81. The van der Waals surface area contributed by atoms with Crippen molar-refractivity contribution in [2.24, 2.45) is 5.92 Å². The Bertz CT molecular complexity index is 518. The zero-order valence-corrected chi connectivity index (χ0v) is 13.0. The van der Waals surface area contributed by atoms with E-state index in [1.165, 1.54) is 6.20 Å². The van der Waals surface area contributed by atoms with Gasteiger partial charge >= 0.3 is 0 Å². The predicted octanol–water partition coefficient (Wildman–Crippen LogP) is 0.982. The van der Waals surface area contributed by atoms with Crippen LogP contribution in [0.4, 0.5) is 0 Å². The van der Waals surface area contributed by atoms with E-state index in [4.69, 9.17) is 0 Å². The number of imidazole rings is 1. The number of H-pyrrole nitrogens is 1. The van der Waals surface area contributed by atoms with Crippen molar-refractivity contribution in [3.05, 3.63) is 12.0 Å². The van der Waals surface area contributed by atoms with Crippen LogP contribution in [0.25, 0.3) is 0 Å². The highest BCUT2D eigenvalue weighted by molar-refractivity contribution is 7.89. The molecule has 1 fully saturated rings. The second-order valence-corrected chi connectivity index (χ2v) is 7.11. The van der Waals surface area contributed by atoms with Crippen LogP contribution in [0.2, 0.25) is 0 Å². The standard InChI is InChI=1S/C13H24N4O2S/c1-3-12-15-10-13(16-12)20(18,19)17-7-5-11(6-8-17)9-14-4-2/h10-11,14H,3-9H2,1-2H3,(H,15,16). The first-order valence-corrected chi connectivity index (χ1v) is 8.76. The van der Waals surface area contributed by atoms with Gasteiger partial charge in [0, 0.05) is 19.5 Å². The van der Waals surface area contributed by atoms with E-state index in [0.717, 1.165) is 25.9 Å². The second kappa shape index (κ2) is 6.69. The summed E-state index contributed by atoms with van der Waals surface area (Å²) in [6, 6.07) is 0. The molecular formula is C13H24N4O2S. The van der Waals surface area contributed by atoms with Crippen LogP contribution in [0, 0.1) is 5.92 Å². The fourth-order valence-electron chi connectivity index (χ4n) is 2.50. The molecule has 1 aromatic rings. The van der Waals surface area contributed by atoms with Gasteiger partial charge in [-0.3, -0.25) is 0 Å². The van der Waals surface area contributed by atoms with Gasteiger partial charge in [-0.1, -0.05) is 13.8 Å². The van der Waals surface area contributed by atoms with Crippen LogP contribution in [-0.4, -0.2) is 48.9 Å². The Morgan fingerprint density at radius 1 is 1.40 bits per heavy atom. The fourth-order valence-corrected chi connectivity index (χ4v) is 3.90. The van der Waals surface area contributed by atoms with Crippen LogP contribution in [-0.2, 0) is 16.4 Å². The lowest BCUT2D eigenvalue weighted by molar-refractivity contribution is 0.268. The van der Waals surface area contributed by atoms with Crippen LogP contribution in [0.15, 0.2) is 11.2 Å².